The van der Waals surface area contributed by atoms with Crippen molar-refractivity contribution in [3.05, 3.63) is 107 Å². The molecule has 0 aliphatic heterocycles. The third-order valence-electron chi connectivity index (χ3n) is 5.72. The number of carbonyl (C=O) groups is 2. The fourth-order valence-corrected chi connectivity index (χ4v) is 3.87. The maximum atomic E-state index is 13.5. The molecule has 3 aromatic rings. The largest absolute Gasteiger partial charge is 0.352 e. The van der Waals surface area contributed by atoms with Crippen LogP contribution in [0.5, 0.6) is 0 Å². The molecule has 0 heterocycles. The van der Waals surface area contributed by atoms with Crippen LogP contribution in [-0.4, -0.2) is 28.8 Å². The van der Waals surface area contributed by atoms with E-state index < -0.39 is 6.04 Å². The van der Waals surface area contributed by atoms with Gasteiger partial charge in [-0.2, -0.15) is 0 Å². The zero-order valence-corrected chi connectivity index (χ0v) is 20.1. The van der Waals surface area contributed by atoms with Gasteiger partial charge in [-0.3, -0.25) is 9.59 Å². The lowest BCUT2D eigenvalue weighted by Gasteiger charge is -2.32. The molecule has 0 radical (unpaired) electrons. The molecule has 178 valence electrons. The van der Waals surface area contributed by atoms with Crippen LogP contribution in [0.25, 0.3) is 0 Å². The summed E-state index contributed by atoms with van der Waals surface area (Å²) in [6.45, 7) is 6.07. The second-order valence-electron chi connectivity index (χ2n) is 9.00. The molecule has 0 saturated carbocycles. The quantitative estimate of drug-likeness (QED) is 0.450. The summed E-state index contributed by atoms with van der Waals surface area (Å²) >= 11 is 0. The summed E-state index contributed by atoms with van der Waals surface area (Å²) in [4.78, 5) is 28.5. The van der Waals surface area contributed by atoms with E-state index in [1.54, 1.807) is 17.0 Å². The summed E-state index contributed by atoms with van der Waals surface area (Å²) in [5.74, 6) is -0.631. The minimum Gasteiger partial charge on any atom is -0.352 e. The second kappa shape index (κ2) is 12.1. The van der Waals surface area contributed by atoms with Crippen molar-refractivity contribution in [1.82, 2.24) is 10.2 Å². The minimum atomic E-state index is -0.680. The van der Waals surface area contributed by atoms with Crippen molar-refractivity contribution in [2.75, 3.05) is 0 Å². The van der Waals surface area contributed by atoms with Crippen LogP contribution in [0.4, 0.5) is 4.39 Å². The van der Waals surface area contributed by atoms with Crippen LogP contribution in [0.3, 0.4) is 0 Å². The molecule has 1 atom stereocenters. The standard InChI is InChI=1S/C29H33FN2O2/c1-21(2)31-29(34)27(19-24-7-5-4-6-8-24)32(20-25-13-16-26(30)17-14-25)28(33)18-15-23-11-9-22(3)10-12-23/h4-14,16-17,21,27H,15,18-20H2,1-3H3,(H,31,34)/t27-/m0/s1. The zero-order chi connectivity index (χ0) is 24.5. The lowest BCUT2D eigenvalue weighted by atomic mass is 10.0. The number of nitrogens with one attached hydrogen (secondary N) is 1. The first-order valence-electron chi connectivity index (χ1n) is 11.8. The van der Waals surface area contributed by atoms with Gasteiger partial charge in [0.05, 0.1) is 0 Å². The highest BCUT2D eigenvalue weighted by Gasteiger charge is 2.30. The van der Waals surface area contributed by atoms with Crippen molar-refractivity contribution in [1.29, 1.82) is 0 Å². The topological polar surface area (TPSA) is 49.4 Å². The van der Waals surface area contributed by atoms with Gasteiger partial charge in [-0.25, -0.2) is 4.39 Å². The van der Waals surface area contributed by atoms with Gasteiger partial charge in [0.25, 0.3) is 0 Å². The van der Waals surface area contributed by atoms with Crippen molar-refractivity contribution >= 4 is 11.8 Å². The monoisotopic (exact) mass is 460 g/mol. The number of nitrogens with zero attached hydrogens (tertiary/aromatic N) is 1. The first-order valence-corrected chi connectivity index (χ1v) is 11.8. The number of hydrogen-bond acceptors (Lipinski definition) is 2. The van der Waals surface area contributed by atoms with E-state index in [1.165, 1.54) is 17.7 Å². The van der Waals surface area contributed by atoms with E-state index in [1.807, 2.05) is 75.4 Å². The Balaban J connectivity index is 1.89. The Kier molecular flexibility index (Phi) is 8.97. The molecule has 3 aromatic carbocycles. The van der Waals surface area contributed by atoms with Gasteiger partial charge < -0.3 is 10.2 Å². The van der Waals surface area contributed by atoms with Crippen molar-refractivity contribution in [3.63, 3.8) is 0 Å². The van der Waals surface area contributed by atoms with Gasteiger partial charge >= 0.3 is 0 Å². The Hall–Kier alpha value is -3.47. The number of hydrogen-bond donors (Lipinski definition) is 1. The number of aryl methyl sites for hydroxylation is 2. The fourth-order valence-electron chi connectivity index (χ4n) is 3.87. The molecule has 0 spiro atoms. The van der Waals surface area contributed by atoms with Gasteiger partial charge in [0.15, 0.2) is 0 Å². The average Bonchev–Trinajstić information content (AvgIpc) is 2.82. The smallest absolute Gasteiger partial charge is 0.243 e. The second-order valence-corrected chi connectivity index (χ2v) is 9.00. The normalized spacial score (nSPS) is 11.8. The molecule has 0 bridgehead atoms. The molecule has 2 amide bonds. The lowest BCUT2D eigenvalue weighted by molar-refractivity contribution is -0.141. The molecule has 0 aromatic heterocycles. The molecular formula is C29H33FN2O2. The van der Waals surface area contributed by atoms with Gasteiger partial charge in [0.1, 0.15) is 11.9 Å². The molecular weight excluding hydrogens is 427 g/mol. The van der Waals surface area contributed by atoms with Crippen LogP contribution in [-0.2, 0) is 29.0 Å². The van der Waals surface area contributed by atoms with Crippen LogP contribution in [0.15, 0.2) is 78.9 Å². The van der Waals surface area contributed by atoms with Gasteiger partial charge in [-0.1, -0.05) is 72.3 Å². The van der Waals surface area contributed by atoms with Crippen LogP contribution < -0.4 is 5.32 Å². The fraction of sp³-hybridized carbons (Fsp3) is 0.310. The summed E-state index contributed by atoms with van der Waals surface area (Å²) in [6, 6.07) is 23.2. The van der Waals surface area contributed by atoms with Crippen LogP contribution >= 0.6 is 0 Å². The number of benzene rings is 3. The van der Waals surface area contributed by atoms with Crippen LogP contribution in [0.2, 0.25) is 0 Å². The number of carbonyl (C=O) groups excluding carboxylic acids is 2. The summed E-state index contributed by atoms with van der Waals surface area (Å²) < 4.78 is 13.5. The van der Waals surface area contributed by atoms with Crippen molar-refractivity contribution in [3.8, 4) is 0 Å². The van der Waals surface area contributed by atoms with Gasteiger partial charge in [0.2, 0.25) is 11.8 Å². The third kappa shape index (κ3) is 7.55. The van der Waals surface area contributed by atoms with Crippen molar-refractivity contribution in [2.45, 2.75) is 58.7 Å². The van der Waals surface area contributed by atoms with E-state index in [2.05, 4.69) is 5.32 Å². The van der Waals surface area contributed by atoms with Crippen LogP contribution in [0, 0.1) is 12.7 Å². The lowest BCUT2D eigenvalue weighted by Crippen LogP contribution is -2.51. The Morgan fingerprint density at radius 3 is 2.09 bits per heavy atom. The van der Waals surface area contributed by atoms with E-state index in [-0.39, 0.29) is 36.6 Å². The Morgan fingerprint density at radius 1 is 0.853 bits per heavy atom. The van der Waals surface area contributed by atoms with E-state index in [0.717, 1.165) is 16.7 Å². The van der Waals surface area contributed by atoms with Crippen LogP contribution in [0.1, 0.15) is 42.5 Å². The predicted octanol–water partition coefficient (Wildman–Crippen LogP) is 5.23. The SMILES string of the molecule is Cc1ccc(CCC(=O)N(Cc2ccc(F)cc2)[C@@H](Cc2ccccc2)C(=O)NC(C)C)cc1. The highest BCUT2D eigenvalue weighted by molar-refractivity contribution is 5.88. The zero-order valence-electron chi connectivity index (χ0n) is 20.1. The minimum absolute atomic E-state index is 0.0545. The van der Waals surface area contributed by atoms with E-state index in [0.29, 0.717) is 12.8 Å². The predicted molar refractivity (Wildman–Crippen MR) is 134 cm³/mol. The van der Waals surface area contributed by atoms with Crippen molar-refractivity contribution in [2.24, 2.45) is 0 Å². The highest BCUT2D eigenvalue weighted by atomic mass is 19.1. The maximum absolute atomic E-state index is 13.5. The summed E-state index contributed by atoms with van der Waals surface area (Å²) in [5.41, 5.74) is 4.00. The highest BCUT2D eigenvalue weighted by Crippen LogP contribution is 2.18. The van der Waals surface area contributed by atoms with E-state index in [9.17, 15) is 14.0 Å². The number of rotatable bonds is 10. The molecule has 0 fully saturated rings. The molecule has 34 heavy (non-hydrogen) atoms. The summed E-state index contributed by atoms with van der Waals surface area (Å²) in [7, 11) is 0. The molecule has 4 nitrogen and oxygen atoms in total. The van der Waals surface area contributed by atoms with Gasteiger partial charge in [-0.15, -0.1) is 0 Å². The summed E-state index contributed by atoms with van der Waals surface area (Å²) in [6.07, 6.45) is 1.27. The maximum Gasteiger partial charge on any atom is 0.243 e. The number of amides is 2. The summed E-state index contributed by atoms with van der Waals surface area (Å²) in [5, 5.41) is 2.98. The van der Waals surface area contributed by atoms with Gasteiger partial charge in [-0.05, 0) is 56.0 Å². The molecule has 0 aliphatic carbocycles. The van der Waals surface area contributed by atoms with Crippen molar-refractivity contribution < 1.29 is 14.0 Å². The molecule has 1 N–H and O–H groups in total. The average molecular weight is 461 g/mol. The first kappa shape index (κ1) is 25.2. The molecule has 0 saturated heterocycles. The Labute approximate surface area is 201 Å². The molecule has 5 heteroatoms. The first-order chi connectivity index (χ1) is 16.3. The van der Waals surface area contributed by atoms with Gasteiger partial charge in [0, 0.05) is 25.4 Å². The van der Waals surface area contributed by atoms with E-state index in [4.69, 9.17) is 0 Å². The number of halogens is 1. The molecule has 0 unspecified atom stereocenters. The Morgan fingerprint density at radius 2 is 1.47 bits per heavy atom. The molecule has 0 aliphatic rings. The molecule has 3 rings (SSSR count). The Bertz CT molecular complexity index is 1060. The third-order valence-corrected chi connectivity index (χ3v) is 5.72. The van der Waals surface area contributed by atoms with E-state index >= 15 is 0 Å².